The number of amides is 1. The van der Waals surface area contributed by atoms with E-state index in [2.05, 4.69) is 15.3 Å². The molecule has 0 spiro atoms. The van der Waals surface area contributed by atoms with Crippen LogP contribution in [0.15, 0.2) is 53.2 Å². The van der Waals surface area contributed by atoms with Crippen molar-refractivity contribution in [3.05, 3.63) is 66.1 Å². The molecule has 7 heteroatoms. The fraction of sp³-hybridized carbons (Fsp3) is 0.348. The Morgan fingerprint density at radius 3 is 2.77 bits per heavy atom. The summed E-state index contributed by atoms with van der Waals surface area (Å²) in [5, 5.41) is 2.90. The Balaban J connectivity index is 1.24. The van der Waals surface area contributed by atoms with E-state index in [1.807, 2.05) is 12.1 Å². The topological polar surface area (TPSA) is 77.3 Å². The highest BCUT2D eigenvalue weighted by Gasteiger charge is 2.17. The molecule has 1 aromatic carbocycles. The summed E-state index contributed by atoms with van der Waals surface area (Å²) in [6.45, 7) is 0.412. The number of carbonyl (C=O) groups is 1. The van der Waals surface area contributed by atoms with Crippen molar-refractivity contribution in [3.63, 3.8) is 0 Å². The number of ether oxygens (including phenoxy) is 1. The third-order valence-electron chi connectivity index (χ3n) is 5.13. The van der Waals surface area contributed by atoms with Gasteiger partial charge in [-0.1, -0.05) is 0 Å². The van der Waals surface area contributed by atoms with Crippen LogP contribution in [0.3, 0.4) is 0 Å². The quantitative estimate of drug-likeness (QED) is 0.595. The SMILES string of the molecule is O=C(CCc1ncc(-c2ccc(F)cc2)o1)NCc1ccnc(OC2CCCC2)c1. The van der Waals surface area contributed by atoms with Crippen molar-refractivity contribution in [1.29, 1.82) is 0 Å². The number of aryl methyl sites for hydroxylation is 1. The van der Waals surface area contributed by atoms with Crippen molar-refractivity contribution in [3.8, 4) is 17.2 Å². The molecule has 1 saturated carbocycles. The number of oxazole rings is 1. The molecular formula is C23H24FN3O3. The van der Waals surface area contributed by atoms with Crippen molar-refractivity contribution >= 4 is 5.91 Å². The molecule has 0 atom stereocenters. The highest BCUT2D eigenvalue weighted by molar-refractivity contribution is 5.76. The molecule has 4 rings (SSSR count). The van der Waals surface area contributed by atoms with E-state index in [4.69, 9.17) is 9.15 Å². The van der Waals surface area contributed by atoms with Gasteiger partial charge in [-0.15, -0.1) is 0 Å². The monoisotopic (exact) mass is 409 g/mol. The predicted molar refractivity (Wildman–Crippen MR) is 109 cm³/mol. The number of pyridine rings is 1. The van der Waals surface area contributed by atoms with E-state index >= 15 is 0 Å². The van der Waals surface area contributed by atoms with Crippen LogP contribution in [0.2, 0.25) is 0 Å². The smallest absolute Gasteiger partial charge is 0.220 e. The van der Waals surface area contributed by atoms with Crippen molar-refractivity contribution < 1.29 is 18.3 Å². The minimum atomic E-state index is -0.304. The lowest BCUT2D eigenvalue weighted by molar-refractivity contribution is -0.121. The summed E-state index contributed by atoms with van der Waals surface area (Å²) in [4.78, 5) is 20.7. The summed E-state index contributed by atoms with van der Waals surface area (Å²) in [5.74, 6) is 1.24. The average molecular weight is 409 g/mol. The summed E-state index contributed by atoms with van der Waals surface area (Å²) < 4.78 is 24.6. The number of hydrogen-bond donors (Lipinski definition) is 1. The van der Waals surface area contributed by atoms with Gasteiger partial charge in [0.05, 0.1) is 6.20 Å². The first-order valence-electron chi connectivity index (χ1n) is 10.2. The lowest BCUT2D eigenvalue weighted by atomic mass is 10.2. The second-order valence-corrected chi connectivity index (χ2v) is 7.43. The van der Waals surface area contributed by atoms with Crippen LogP contribution in [-0.2, 0) is 17.8 Å². The molecule has 1 fully saturated rings. The van der Waals surface area contributed by atoms with Gasteiger partial charge in [-0.2, -0.15) is 0 Å². The number of aromatic nitrogens is 2. The van der Waals surface area contributed by atoms with Gasteiger partial charge in [0.1, 0.15) is 11.9 Å². The maximum absolute atomic E-state index is 13.0. The molecule has 0 bridgehead atoms. The van der Waals surface area contributed by atoms with Gasteiger partial charge in [0.2, 0.25) is 11.8 Å². The number of rotatable bonds is 8. The first-order valence-corrected chi connectivity index (χ1v) is 10.2. The Morgan fingerprint density at radius 1 is 1.17 bits per heavy atom. The number of nitrogens with zero attached hydrogens (tertiary/aromatic N) is 2. The molecule has 2 aromatic heterocycles. The first-order chi connectivity index (χ1) is 14.7. The number of carbonyl (C=O) groups excluding carboxylic acids is 1. The first kappa shape index (κ1) is 20.1. The highest BCUT2D eigenvalue weighted by atomic mass is 19.1. The zero-order chi connectivity index (χ0) is 20.8. The zero-order valence-electron chi connectivity index (χ0n) is 16.6. The Bertz CT molecular complexity index is 981. The second kappa shape index (κ2) is 9.52. The largest absolute Gasteiger partial charge is 0.474 e. The molecule has 6 nitrogen and oxygen atoms in total. The summed E-state index contributed by atoms with van der Waals surface area (Å²) in [5.41, 5.74) is 1.69. The molecule has 1 aliphatic rings. The van der Waals surface area contributed by atoms with E-state index in [1.54, 1.807) is 24.5 Å². The molecule has 1 aliphatic carbocycles. The minimum absolute atomic E-state index is 0.0911. The summed E-state index contributed by atoms with van der Waals surface area (Å²) in [6.07, 6.45) is 8.76. The molecular weight excluding hydrogens is 385 g/mol. The number of hydrogen-bond acceptors (Lipinski definition) is 5. The normalized spacial score (nSPS) is 14.0. The molecule has 1 amide bonds. The van der Waals surface area contributed by atoms with Crippen LogP contribution in [0.25, 0.3) is 11.3 Å². The Labute approximate surface area is 174 Å². The maximum atomic E-state index is 13.0. The summed E-state index contributed by atoms with van der Waals surface area (Å²) >= 11 is 0. The number of halogens is 1. The van der Waals surface area contributed by atoms with E-state index in [-0.39, 0.29) is 24.2 Å². The molecule has 0 radical (unpaired) electrons. The molecule has 0 unspecified atom stereocenters. The van der Waals surface area contributed by atoms with Crippen molar-refractivity contribution in [2.75, 3.05) is 0 Å². The van der Waals surface area contributed by atoms with Crippen molar-refractivity contribution in [2.45, 2.75) is 51.2 Å². The Kier molecular flexibility index (Phi) is 6.37. The van der Waals surface area contributed by atoms with Crippen molar-refractivity contribution in [1.82, 2.24) is 15.3 Å². The van der Waals surface area contributed by atoms with Gasteiger partial charge >= 0.3 is 0 Å². The number of benzene rings is 1. The Hall–Kier alpha value is -3.22. The minimum Gasteiger partial charge on any atom is -0.474 e. The predicted octanol–water partition coefficient (Wildman–Crippen LogP) is 4.45. The van der Waals surface area contributed by atoms with E-state index < -0.39 is 0 Å². The van der Waals surface area contributed by atoms with Crippen LogP contribution in [-0.4, -0.2) is 22.0 Å². The van der Waals surface area contributed by atoms with Gasteiger partial charge in [0.25, 0.3) is 0 Å². The molecule has 30 heavy (non-hydrogen) atoms. The van der Waals surface area contributed by atoms with Gasteiger partial charge < -0.3 is 14.5 Å². The van der Waals surface area contributed by atoms with E-state index in [9.17, 15) is 9.18 Å². The third kappa shape index (κ3) is 5.43. The second-order valence-electron chi connectivity index (χ2n) is 7.43. The fourth-order valence-electron chi connectivity index (χ4n) is 3.48. The molecule has 1 N–H and O–H groups in total. The lowest BCUT2D eigenvalue weighted by Crippen LogP contribution is -2.23. The highest BCUT2D eigenvalue weighted by Crippen LogP contribution is 2.23. The molecule has 0 aliphatic heterocycles. The van der Waals surface area contributed by atoms with Gasteiger partial charge in [-0.3, -0.25) is 4.79 Å². The van der Waals surface area contributed by atoms with Crippen LogP contribution >= 0.6 is 0 Å². The van der Waals surface area contributed by atoms with Crippen LogP contribution in [0.5, 0.6) is 5.88 Å². The molecule has 0 saturated heterocycles. The number of nitrogens with one attached hydrogen (secondary N) is 1. The lowest BCUT2D eigenvalue weighted by Gasteiger charge is -2.12. The zero-order valence-corrected chi connectivity index (χ0v) is 16.6. The van der Waals surface area contributed by atoms with Gasteiger partial charge in [-0.25, -0.2) is 14.4 Å². The van der Waals surface area contributed by atoms with E-state index in [0.717, 1.165) is 24.0 Å². The Morgan fingerprint density at radius 2 is 1.97 bits per heavy atom. The van der Waals surface area contributed by atoms with E-state index in [0.29, 0.717) is 30.5 Å². The molecule has 3 aromatic rings. The standard InChI is InChI=1S/C23H24FN3O3/c24-18-7-5-17(6-8-18)20-15-27-22(30-20)10-9-21(28)26-14-16-11-12-25-23(13-16)29-19-3-1-2-4-19/h5-8,11-13,15,19H,1-4,9-10,14H2,(H,26,28). The molecule has 156 valence electrons. The van der Waals surface area contributed by atoms with Gasteiger partial charge in [-0.05, 0) is 61.6 Å². The third-order valence-corrected chi connectivity index (χ3v) is 5.13. The maximum Gasteiger partial charge on any atom is 0.220 e. The van der Waals surface area contributed by atoms with Crippen LogP contribution < -0.4 is 10.1 Å². The summed E-state index contributed by atoms with van der Waals surface area (Å²) in [6, 6.07) is 9.74. The van der Waals surface area contributed by atoms with Crippen LogP contribution in [0, 0.1) is 5.82 Å². The van der Waals surface area contributed by atoms with Gasteiger partial charge in [0.15, 0.2) is 11.7 Å². The fourth-order valence-corrected chi connectivity index (χ4v) is 3.48. The van der Waals surface area contributed by atoms with Crippen LogP contribution in [0.4, 0.5) is 4.39 Å². The van der Waals surface area contributed by atoms with Crippen LogP contribution in [0.1, 0.15) is 43.6 Å². The van der Waals surface area contributed by atoms with Gasteiger partial charge in [0, 0.05) is 37.2 Å². The summed E-state index contributed by atoms with van der Waals surface area (Å²) in [7, 11) is 0. The van der Waals surface area contributed by atoms with E-state index in [1.165, 1.54) is 25.0 Å². The molecule has 2 heterocycles. The van der Waals surface area contributed by atoms with Crippen molar-refractivity contribution in [2.24, 2.45) is 0 Å². The average Bonchev–Trinajstić information content (AvgIpc) is 3.44.